The highest BCUT2D eigenvalue weighted by atomic mass is 35.5. The largest absolute Gasteiger partial charge is 0.339 e. The molecule has 130 valence electrons. The van der Waals surface area contributed by atoms with E-state index in [4.69, 9.17) is 11.6 Å². The molecule has 3 rings (SSSR count). The minimum atomic E-state index is -0.729. The number of likely N-dealkylation sites (tertiary alicyclic amines) is 1. The summed E-state index contributed by atoms with van der Waals surface area (Å²) >= 11 is 6.03. The fraction of sp³-hybridized carbons (Fsp3) is 0.278. The van der Waals surface area contributed by atoms with Crippen LogP contribution in [0.4, 0.5) is 5.82 Å². The number of anilines is 1. The standard InChI is InChI=1S/C18H19ClN4O2/c1-2-15(24)23-10-8-18(9-11-23,13-6-4-3-5-7-13)17(25)21-16-14(19)12-20-22-16/h2-7,12H,1,8-11H2,(H2,20,21,22,25). The van der Waals surface area contributed by atoms with Crippen molar-refractivity contribution in [1.82, 2.24) is 15.1 Å². The Morgan fingerprint density at radius 3 is 2.52 bits per heavy atom. The van der Waals surface area contributed by atoms with Crippen molar-refractivity contribution in [2.45, 2.75) is 18.3 Å². The predicted molar refractivity (Wildman–Crippen MR) is 96.4 cm³/mol. The highest BCUT2D eigenvalue weighted by molar-refractivity contribution is 6.33. The van der Waals surface area contributed by atoms with Crippen molar-refractivity contribution in [2.75, 3.05) is 18.4 Å². The number of nitrogens with one attached hydrogen (secondary N) is 2. The third kappa shape index (κ3) is 3.30. The molecule has 2 N–H and O–H groups in total. The van der Waals surface area contributed by atoms with Crippen molar-refractivity contribution >= 4 is 29.2 Å². The number of benzene rings is 1. The van der Waals surface area contributed by atoms with Crippen LogP contribution >= 0.6 is 11.6 Å². The van der Waals surface area contributed by atoms with Crippen LogP contribution in [-0.4, -0.2) is 40.0 Å². The maximum Gasteiger partial charge on any atom is 0.245 e. The zero-order valence-electron chi connectivity index (χ0n) is 13.7. The van der Waals surface area contributed by atoms with Gasteiger partial charge < -0.3 is 10.2 Å². The fourth-order valence-electron chi connectivity index (χ4n) is 3.23. The number of piperidine rings is 1. The van der Waals surface area contributed by atoms with E-state index in [1.54, 1.807) is 4.90 Å². The van der Waals surface area contributed by atoms with Crippen LogP contribution in [-0.2, 0) is 15.0 Å². The van der Waals surface area contributed by atoms with Gasteiger partial charge in [0, 0.05) is 13.1 Å². The van der Waals surface area contributed by atoms with E-state index in [1.165, 1.54) is 12.3 Å². The van der Waals surface area contributed by atoms with E-state index in [1.807, 2.05) is 30.3 Å². The molecule has 0 aliphatic carbocycles. The average Bonchev–Trinajstić information content (AvgIpc) is 3.06. The normalized spacial score (nSPS) is 16.3. The molecule has 0 spiro atoms. The Bertz CT molecular complexity index is 779. The van der Waals surface area contributed by atoms with E-state index in [0.29, 0.717) is 36.8 Å². The fourth-order valence-corrected chi connectivity index (χ4v) is 3.37. The topological polar surface area (TPSA) is 78.1 Å². The minimum absolute atomic E-state index is 0.112. The molecule has 1 fully saturated rings. The predicted octanol–water partition coefficient (Wildman–Crippen LogP) is 2.75. The summed E-state index contributed by atoms with van der Waals surface area (Å²) in [5, 5.41) is 9.72. The molecule has 1 aliphatic rings. The summed E-state index contributed by atoms with van der Waals surface area (Å²) in [5.74, 6) is 0.112. The number of aromatic nitrogens is 2. The maximum atomic E-state index is 13.1. The van der Waals surface area contributed by atoms with Gasteiger partial charge in [-0.15, -0.1) is 0 Å². The van der Waals surface area contributed by atoms with Crippen LogP contribution < -0.4 is 5.32 Å². The van der Waals surface area contributed by atoms with Crippen LogP contribution in [0.3, 0.4) is 0 Å². The second kappa shape index (κ2) is 7.11. The smallest absolute Gasteiger partial charge is 0.245 e. The second-order valence-corrected chi connectivity index (χ2v) is 6.43. The van der Waals surface area contributed by atoms with Crippen LogP contribution in [0, 0.1) is 0 Å². The van der Waals surface area contributed by atoms with Gasteiger partial charge in [-0.25, -0.2) is 0 Å². The van der Waals surface area contributed by atoms with Crippen LogP contribution in [0.25, 0.3) is 0 Å². The Morgan fingerprint density at radius 1 is 1.28 bits per heavy atom. The molecule has 2 aromatic rings. The summed E-state index contributed by atoms with van der Waals surface area (Å²) in [6.07, 6.45) is 3.79. The van der Waals surface area contributed by atoms with Gasteiger partial charge in [0.1, 0.15) is 10.8 Å². The quantitative estimate of drug-likeness (QED) is 0.825. The van der Waals surface area contributed by atoms with Gasteiger partial charge in [0.05, 0.1) is 11.6 Å². The van der Waals surface area contributed by atoms with Crippen LogP contribution in [0.15, 0.2) is 49.2 Å². The SMILES string of the molecule is C=CC(=O)N1CCC(C(=O)Nc2[nH]ncc2Cl)(c2ccccc2)CC1. The van der Waals surface area contributed by atoms with Crippen LogP contribution in [0.5, 0.6) is 0 Å². The van der Waals surface area contributed by atoms with E-state index >= 15 is 0 Å². The Labute approximate surface area is 150 Å². The van der Waals surface area contributed by atoms with Gasteiger partial charge >= 0.3 is 0 Å². The highest BCUT2D eigenvalue weighted by Crippen LogP contribution is 2.37. The molecular formula is C18H19ClN4O2. The van der Waals surface area contributed by atoms with Gasteiger partial charge in [-0.05, 0) is 24.5 Å². The highest BCUT2D eigenvalue weighted by Gasteiger charge is 2.43. The molecule has 2 amide bonds. The monoisotopic (exact) mass is 358 g/mol. The minimum Gasteiger partial charge on any atom is -0.339 e. The number of hydrogen-bond donors (Lipinski definition) is 2. The molecule has 0 bridgehead atoms. The van der Waals surface area contributed by atoms with Gasteiger partial charge in [0.2, 0.25) is 11.8 Å². The second-order valence-electron chi connectivity index (χ2n) is 6.02. The van der Waals surface area contributed by atoms with E-state index in [9.17, 15) is 9.59 Å². The summed E-state index contributed by atoms with van der Waals surface area (Å²) in [6, 6.07) is 9.62. The third-order valence-electron chi connectivity index (χ3n) is 4.70. The lowest BCUT2D eigenvalue weighted by Crippen LogP contribution is -2.50. The molecule has 0 unspecified atom stereocenters. The average molecular weight is 359 g/mol. The molecule has 1 aromatic heterocycles. The molecule has 0 radical (unpaired) electrons. The Balaban J connectivity index is 1.89. The summed E-state index contributed by atoms with van der Waals surface area (Å²) in [4.78, 5) is 26.7. The van der Waals surface area contributed by atoms with Gasteiger partial charge in [0.15, 0.2) is 0 Å². The molecule has 1 aromatic carbocycles. The van der Waals surface area contributed by atoms with Crippen molar-refractivity contribution in [3.8, 4) is 0 Å². The van der Waals surface area contributed by atoms with Crippen LogP contribution in [0.2, 0.25) is 5.02 Å². The lowest BCUT2D eigenvalue weighted by atomic mass is 9.72. The molecule has 0 atom stereocenters. The molecule has 1 saturated heterocycles. The molecule has 6 nitrogen and oxygen atoms in total. The van der Waals surface area contributed by atoms with E-state index in [2.05, 4.69) is 22.1 Å². The molecule has 2 heterocycles. The number of amides is 2. The molecule has 0 saturated carbocycles. The van der Waals surface area contributed by atoms with Crippen molar-refractivity contribution in [2.24, 2.45) is 0 Å². The number of aromatic amines is 1. The number of halogens is 1. The zero-order chi connectivity index (χ0) is 17.9. The van der Waals surface area contributed by atoms with Crippen molar-refractivity contribution in [3.63, 3.8) is 0 Å². The van der Waals surface area contributed by atoms with E-state index < -0.39 is 5.41 Å². The van der Waals surface area contributed by atoms with Crippen molar-refractivity contribution in [1.29, 1.82) is 0 Å². The molecule has 25 heavy (non-hydrogen) atoms. The summed E-state index contributed by atoms with van der Waals surface area (Å²) in [5.41, 5.74) is 0.196. The van der Waals surface area contributed by atoms with Gasteiger partial charge in [-0.1, -0.05) is 48.5 Å². The van der Waals surface area contributed by atoms with Crippen molar-refractivity contribution < 1.29 is 9.59 Å². The number of carbonyl (C=O) groups is 2. The van der Waals surface area contributed by atoms with E-state index in [-0.39, 0.29) is 11.8 Å². The first-order valence-corrected chi connectivity index (χ1v) is 8.42. The number of hydrogen-bond acceptors (Lipinski definition) is 3. The third-order valence-corrected chi connectivity index (χ3v) is 4.98. The summed E-state index contributed by atoms with van der Waals surface area (Å²) in [7, 11) is 0. The molecule has 1 aliphatic heterocycles. The Kier molecular flexibility index (Phi) is 4.90. The summed E-state index contributed by atoms with van der Waals surface area (Å²) in [6.45, 7) is 4.51. The number of H-pyrrole nitrogens is 1. The lowest BCUT2D eigenvalue weighted by Gasteiger charge is -2.40. The first kappa shape index (κ1) is 17.2. The number of nitrogens with zero attached hydrogens (tertiary/aromatic N) is 2. The zero-order valence-corrected chi connectivity index (χ0v) is 14.4. The van der Waals surface area contributed by atoms with E-state index in [0.717, 1.165) is 5.56 Å². The molecule has 7 heteroatoms. The first-order chi connectivity index (χ1) is 12.1. The van der Waals surface area contributed by atoms with Gasteiger partial charge in [0.25, 0.3) is 0 Å². The first-order valence-electron chi connectivity index (χ1n) is 8.04. The number of rotatable bonds is 4. The summed E-state index contributed by atoms with van der Waals surface area (Å²) < 4.78 is 0. The van der Waals surface area contributed by atoms with Crippen LogP contribution in [0.1, 0.15) is 18.4 Å². The number of carbonyl (C=O) groups excluding carboxylic acids is 2. The van der Waals surface area contributed by atoms with Gasteiger partial charge in [-0.2, -0.15) is 5.10 Å². The lowest BCUT2D eigenvalue weighted by molar-refractivity contribution is -0.131. The molecular weight excluding hydrogens is 340 g/mol. The Morgan fingerprint density at radius 2 is 1.96 bits per heavy atom. The maximum absolute atomic E-state index is 13.1. The van der Waals surface area contributed by atoms with Crippen molar-refractivity contribution in [3.05, 3.63) is 59.8 Å². The Hall–Kier alpha value is -2.60. The van der Waals surface area contributed by atoms with Gasteiger partial charge in [-0.3, -0.25) is 14.7 Å².